The van der Waals surface area contributed by atoms with E-state index in [2.05, 4.69) is 5.32 Å². The zero-order valence-electron chi connectivity index (χ0n) is 10.0. The summed E-state index contributed by atoms with van der Waals surface area (Å²) in [5, 5.41) is 3.31. The summed E-state index contributed by atoms with van der Waals surface area (Å²) in [6.45, 7) is 0.829. The van der Waals surface area contributed by atoms with Crippen molar-refractivity contribution in [2.75, 3.05) is 6.54 Å². The van der Waals surface area contributed by atoms with E-state index in [1.165, 1.54) is 25.0 Å². The van der Waals surface area contributed by atoms with Crippen LogP contribution < -0.4 is 5.32 Å². The highest BCUT2D eigenvalue weighted by molar-refractivity contribution is 5.54. The van der Waals surface area contributed by atoms with Crippen molar-refractivity contribution in [2.45, 2.75) is 31.5 Å². The highest BCUT2D eigenvalue weighted by Crippen LogP contribution is 2.32. The summed E-state index contributed by atoms with van der Waals surface area (Å²) in [5.74, 6) is 0. The summed E-state index contributed by atoms with van der Waals surface area (Å²) >= 11 is 0. The third-order valence-corrected chi connectivity index (χ3v) is 2.88. The number of benzene rings is 1. The van der Waals surface area contributed by atoms with E-state index in [1.54, 1.807) is 18.2 Å². The molecular formula is C14H16F3N. The van der Waals surface area contributed by atoms with Gasteiger partial charge in [-0.25, -0.2) is 0 Å². The molecular weight excluding hydrogens is 239 g/mol. The summed E-state index contributed by atoms with van der Waals surface area (Å²) in [4.78, 5) is 0. The maximum absolute atomic E-state index is 12.7. The van der Waals surface area contributed by atoms with Gasteiger partial charge in [-0.05, 0) is 37.4 Å². The highest BCUT2D eigenvalue weighted by atomic mass is 19.4. The number of halogens is 3. The van der Waals surface area contributed by atoms with Gasteiger partial charge in [0.25, 0.3) is 0 Å². The molecule has 1 N–H and O–H groups in total. The Hall–Kier alpha value is -1.29. The smallest absolute Gasteiger partial charge is 0.314 e. The molecule has 0 saturated heterocycles. The molecule has 0 heterocycles. The molecule has 1 aromatic carbocycles. The Morgan fingerprint density at radius 3 is 2.61 bits per heavy atom. The Balaban J connectivity index is 1.92. The lowest BCUT2D eigenvalue weighted by Gasteiger charge is -2.09. The van der Waals surface area contributed by atoms with Crippen LogP contribution in [-0.2, 0) is 6.18 Å². The molecule has 18 heavy (non-hydrogen) atoms. The zero-order chi connectivity index (χ0) is 13.0. The number of hydrogen-bond donors (Lipinski definition) is 1. The van der Waals surface area contributed by atoms with Crippen LogP contribution in [0.15, 0.2) is 30.3 Å². The molecule has 0 aromatic heterocycles. The van der Waals surface area contributed by atoms with Crippen LogP contribution in [-0.4, -0.2) is 12.6 Å². The van der Waals surface area contributed by atoms with E-state index in [9.17, 15) is 13.2 Å². The molecule has 98 valence electrons. The van der Waals surface area contributed by atoms with Crippen molar-refractivity contribution in [3.8, 4) is 0 Å². The first-order valence-electron chi connectivity index (χ1n) is 6.13. The van der Waals surface area contributed by atoms with Gasteiger partial charge in [-0.3, -0.25) is 0 Å². The van der Waals surface area contributed by atoms with Crippen LogP contribution in [0.1, 0.15) is 30.4 Å². The predicted molar refractivity (Wildman–Crippen MR) is 66.1 cm³/mol. The molecule has 0 bridgehead atoms. The first-order valence-corrected chi connectivity index (χ1v) is 6.13. The topological polar surface area (TPSA) is 12.0 Å². The SMILES string of the molecule is FC(F)(F)c1ccccc1C=CCCNC1CC1. The molecule has 1 fully saturated rings. The maximum Gasteiger partial charge on any atom is 0.416 e. The van der Waals surface area contributed by atoms with E-state index in [4.69, 9.17) is 0 Å². The first kappa shape index (κ1) is 13.1. The van der Waals surface area contributed by atoms with Crippen molar-refractivity contribution >= 4 is 6.08 Å². The molecule has 0 unspecified atom stereocenters. The quantitative estimate of drug-likeness (QED) is 0.788. The van der Waals surface area contributed by atoms with Crippen LogP contribution in [0.4, 0.5) is 13.2 Å². The van der Waals surface area contributed by atoms with Crippen molar-refractivity contribution in [1.82, 2.24) is 5.32 Å². The lowest BCUT2D eigenvalue weighted by Crippen LogP contribution is -2.16. The average Bonchev–Trinajstić information content (AvgIpc) is 3.12. The van der Waals surface area contributed by atoms with Gasteiger partial charge in [0, 0.05) is 6.04 Å². The summed E-state index contributed by atoms with van der Waals surface area (Å²) in [6, 6.07) is 6.28. The van der Waals surface area contributed by atoms with E-state index < -0.39 is 11.7 Å². The Bertz CT molecular complexity index is 419. The Labute approximate surface area is 105 Å². The van der Waals surface area contributed by atoms with Crippen molar-refractivity contribution in [3.05, 3.63) is 41.5 Å². The second-order valence-corrected chi connectivity index (χ2v) is 4.50. The minimum atomic E-state index is -4.28. The van der Waals surface area contributed by atoms with E-state index in [1.807, 2.05) is 0 Å². The van der Waals surface area contributed by atoms with Crippen molar-refractivity contribution < 1.29 is 13.2 Å². The molecule has 2 rings (SSSR count). The fraction of sp³-hybridized carbons (Fsp3) is 0.429. The van der Waals surface area contributed by atoms with Gasteiger partial charge in [0.05, 0.1) is 5.56 Å². The molecule has 1 saturated carbocycles. The molecule has 1 nitrogen and oxygen atoms in total. The van der Waals surface area contributed by atoms with Crippen LogP contribution in [0.3, 0.4) is 0 Å². The van der Waals surface area contributed by atoms with Crippen LogP contribution >= 0.6 is 0 Å². The fourth-order valence-electron chi connectivity index (χ4n) is 1.77. The number of nitrogens with one attached hydrogen (secondary N) is 1. The Morgan fingerprint density at radius 2 is 1.94 bits per heavy atom. The third kappa shape index (κ3) is 3.88. The van der Waals surface area contributed by atoms with Crippen molar-refractivity contribution in [2.24, 2.45) is 0 Å². The second-order valence-electron chi connectivity index (χ2n) is 4.50. The third-order valence-electron chi connectivity index (χ3n) is 2.88. The average molecular weight is 255 g/mol. The molecule has 0 atom stereocenters. The van der Waals surface area contributed by atoms with Gasteiger partial charge in [0.1, 0.15) is 0 Å². The maximum atomic E-state index is 12.7. The fourth-order valence-corrected chi connectivity index (χ4v) is 1.77. The van der Waals surface area contributed by atoms with E-state index in [-0.39, 0.29) is 5.56 Å². The van der Waals surface area contributed by atoms with Crippen LogP contribution in [0, 0.1) is 0 Å². The van der Waals surface area contributed by atoms with E-state index in [0.717, 1.165) is 19.0 Å². The van der Waals surface area contributed by atoms with Gasteiger partial charge in [0.15, 0.2) is 0 Å². The van der Waals surface area contributed by atoms with Crippen LogP contribution in [0.5, 0.6) is 0 Å². The summed E-state index contributed by atoms with van der Waals surface area (Å²) in [5.41, 5.74) is -0.340. The number of rotatable bonds is 5. The molecule has 0 aliphatic heterocycles. The Morgan fingerprint density at radius 1 is 1.22 bits per heavy atom. The van der Waals surface area contributed by atoms with E-state index >= 15 is 0 Å². The summed E-state index contributed by atoms with van der Waals surface area (Å²) < 4.78 is 38.1. The monoisotopic (exact) mass is 255 g/mol. The minimum absolute atomic E-state index is 0.233. The Kier molecular flexibility index (Phi) is 4.07. The van der Waals surface area contributed by atoms with E-state index in [0.29, 0.717) is 6.04 Å². The standard InChI is InChI=1S/C14H16F3N/c15-14(16,17)13-7-2-1-5-11(13)6-3-4-10-18-12-8-9-12/h1-3,5-7,12,18H,4,8-10H2. The largest absolute Gasteiger partial charge is 0.416 e. The first-order chi connectivity index (χ1) is 8.57. The van der Waals surface area contributed by atoms with Gasteiger partial charge in [-0.2, -0.15) is 13.2 Å². The summed E-state index contributed by atoms with van der Waals surface area (Å²) in [6.07, 6.45) is 2.26. The van der Waals surface area contributed by atoms with Crippen LogP contribution in [0.25, 0.3) is 6.08 Å². The van der Waals surface area contributed by atoms with Gasteiger partial charge in [-0.15, -0.1) is 0 Å². The normalized spacial score (nSPS) is 16.4. The number of hydrogen-bond acceptors (Lipinski definition) is 1. The van der Waals surface area contributed by atoms with Gasteiger partial charge < -0.3 is 5.32 Å². The van der Waals surface area contributed by atoms with Gasteiger partial charge in [0.2, 0.25) is 0 Å². The number of alkyl halides is 3. The predicted octanol–water partition coefficient (Wildman–Crippen LogP) is 3.86. The lowest BCUT2D eigenvalue weighted by atomic mass is 10.1. The summed E-state index contributed by atoms with van der Waals surface area (Å²) in [7, 11) is 0. The molecule has 1 aliphatic rings. The molecule has 0 radical (unpaired) electrons. The van der Waals surface area contributed by atoms with Gasteiger partial charge >= 0.3 is 6.18 Å². The molecule has 0 spiro atoms. The zero-order valence-corrected chi connectivity index (χ0v) is 10.0. The minimum Gasteiger partial charge on any atom is -0.314 e. The molecule has 4 heteroatoms. The van der Waals surface area contributed by atoms with Crippen LogP contribution in [0.2, 0.25) is 0 Å². The van der Waals surface area contributed by atoms with Crippen molar-refractivity contribution in [1.29, 1.82) is 0 Å². The second kappa shape index (κ2) is 5.57. The molecule has 0 amide bonds. The van der Waals surface area contributed by atoms with Gasteiger partial charge in [-0.1, -0.05) is 30.4 Å². The lowest BCUT2D eigenvalue weighted by molar-refractivity contribution is -0.137. The highest BCUT2D eigenvalue weighted by Gasteiger charge is 2.32. The molecule has 1 aromatic rings. The van der Waals surface area contributed by atoms with Crippen molar-refractivity contribution in [3.63, 3.8) is 0 Å². The molecule has 1 aliphatic carbocycles.